The fraction of sp³-hybridized carbons (Fsp3) is 0.562. The van der Waals surface area contributed by atoms with Gasteiger partial charge in [0.2, 0.25) is 5.91 Å². The number of nitrogens with zero attached hydrogens (tertiary/aromatic N) is 5. The van der Waals surface area contributed by atoms with Crippen LogP contribution in [0.5, 0.6) is 0 Å². The van der Waals surface area contributed by atoms with E-state index in [2.05, 4.69) is 40.2 Å². The number of carbonyl (C=O) groups excluding carboxylic acids is 1. The zero-order valence-electron chi connectivity index (χ0n) is 12.9. The summed E-state index contributed by atoms with van der Waals surface area (Å²) in [6.45, 7) is 3.19. The maximum atomic E-state index is 12.2. The van der Waals surface area contributed by atoms with E-state index in [4.69, 9.17) is 5.53 Å². The lowest BCUT2D eigenvalue weighted by molar-refractivity contribution is -0.117. The smallest absolute Gasteiger partial charge is 0.227 e. The van der Waals surface area contributed by atoms with E-state index in [9.17, 15) is 4.79 Å². The summed E-state index contributed by atoms with van der Waals surface area (Å²) in [5.74, 6) is 0.261. The van der Waals surface area contributed by atoms with Crippen molar-refractivity contribution in [1.29, 1.82) is 0 Å². The van der Waals surface area contributed by atoms with Crippen molar-refractivity contribution in [3.05, 3.63) is 39.8 Å². The topological polar surface area (TPSA) is 72.3 Å². The largest absolute Gasteiger partial charge is 0.312 e. The minimum Gasteiger partial charge on any atom is -0.312 e. The number of rotatable bonds is 3. The molecule has 0 aliphatic carbocycles. The Balaban J connectivity index is 1.78. The van der Waals surface area contributed by atoms with Crippen LogP contribution in [-0.2, 0) is 17.6 Å². The fourth-order valence-electron chi connectivity index (χ4n) is 3.30. The van der Waals surface area contributed by atoms with E-state index < -0.39 is 0 Å². The number of amides is 1. The van der Waals surface area contributed by atoms with Crippen molar-refractivity contribution in [2.24, 2.45) is 11.0 Å². The van der Waals surface area contributed by atoms with Gasteiger partial charge in [0.25, 0.3) is 0 Å². The Labute approximate surface area is 130 Å². The highest BCUT2D eigenvalue weighted by molar-refractivity contribution is 5.95. The van der Waals surface area contributed by atoms with Crippen LogP contribution in [0.3, 0.4) is 0 Å². The molecule has 22 heavy (non-hydrogen) atoms. The van der Waals surface area contributed by atoms with Gasteiger partial charge in [-0.25, -0.2) is 0 Å². The van der Waals surface area contributed by atoms with Gasteiger partial charge in [0.05, 0.1) is 0 Å². The van der Waals surface area contributed by atoms with Crippen molar-refractivity contribution in [2.75, 3.05) is 38.1 Å². The third-order valence-electron chi connectivity index (χ3n) is 4.64. The van der Waals surface area contributed by atoms with Crippen LogP contribution in [0.25, 0.3) is 10.4 Å². The van der Waals surface area contributed by atoms with Crippen LogP contribution in [-0.4, -0.2) is 44.0 Å². The van der Waals surface area contributed by atoms with Crippen LogP contribution >= 0.6 is 0 Å². The summed E-state index contributed by atoms with van der Waals surface area (Å²) in [6.07, 6.45) is 2.57. The molecule has 6 heteroatoms. The zero-order valence-corrected chi connectivity index (χ0v) is 12.9. The molecule has 1 saturated heterocycles. The molecule has 0 radical (unpaired) electrons. The number of hydrogen-bond acceptors (Lipinski definition) is 3. The lowest BCUT2D eigenvalue weighted by Gasteiger charge is -2.18. The lowest BCUT2D eigenvalue weighted by atomic mass is 10.0. The van der Waals surface area contributed by atoms with Gasteiger partial charge in [-0.2, -0.15) is 0 Å². The molecule has 1 fully saturated rings. The number of anilines is 1. The van der Waals surface area contributed by atoms with E-state index in [1.807, 2.05) is 4.90 Å². The molecule has 0 aromatic heterocycles. The standard InChI is InChI=1S/C16H21N5O/c1-20-6-4-13-2-3-15(9-14(13)5-7-20)21-11-12(8-16(21)22)10-18-19-17/h2-3,9,12H,4-8,10-11H2,1H3. The quantitative estimate of drug-likeness (QED) is 0.488. The maximum absolute atomic E-state index is 12.2. The Bertz CT molecular complexity index is 623. The summed E-state index contributed by atoms with van der Waals surface area (Å²) in [5.41, 5.74) is 12.1. The van der Waals surface area contributed by atoms with Gasteiger partial charge >= 0.3 is 0 Å². The Morgan fingerprint density at radius 1 is 1.32 bits per heavy atom. The minimum atomic E-state index is 0.129. The molecule has 0 spiro atoms. The van der Waals surface area contributed by atoms with E-state index in [1.54, 1.807) is 0 Å². The summed E-state index contributed by atoms with van der Waals surface area (Å²) in [5, 5.41) is 3.60. The number of fused-ring (bicyclic) bond motifs is 1. The van der Waals surface area contributed by atoms with Crippen LogP contribution in [0.2, 0.25) is 0 Å². The van der Waals surface area contributed by atoms with Crippen molar-refractivity contribution in [2.45, 2.75) is 19.3 Å². The van der Waals surface area contributed by atoms with Crippen molar-refractivity contribution in [3.63, 3.8) is 0 Å². The normalized spacial score (nSPS) is 22.1. The van der Waals surface area contributed by atoms with Crippen molar-refractivity contribution in [1.82, 2.24) is 4.90 Å². The summed E-state index contributed by atoms with van der Waals surface area (Å²) < 4.78 is 0. The van der Waals surface area contributed by atoms with Gasteiger partial charge in [-0.05, 0) is 54.6 Å². The van der Waals surface area contributed by atoms with Gasteiger partial charge in [-0.3, -0.25) is 4.79 Å². The van der Waals surface area contributed by atoms with E-state index >= 15 is 0 Å². The molecule has 3 rings (SSSR count). The lowest BCUT2D eigenvalue weighted by Crippen LogP contribution is -2.25. The molecule has 1 amide bonds. The number of likely N-dealkylation sites (N-methyl/N-ethyl adjacent to an activating group) is 1. The number of hydrogen-bond donors (Lipinski definition) is 0. The SMILES string of the molecule is CN1CCc2ccc(N3CC(CN=[N+]=[N-])CC3=O)cc2CC1. The molecule has 1 unspecified atom stereocenters. The summed E-state index contributed by atoms with van der Waals surface area (Å²) in [4.78, 5) is 19.2. The monoisotopic (exact) mass is 299 g/mol. The van der Waals surface area contributed by atoms with Crippen LogP contribution < -0.4 is 4.90 Å². The zero-order chi connectivity index (χ0) is 15.5. The second kappa shape index (κ2) is 6.38. The molecule has 1 atom stereocenters. The Kier molecular flexibility index (Phi) is 4.32. The molecule has 116 valence electrons. The fourth-order valence-corrected chi connectivity index (χ4v) is 3.30. The van der Waals surface area contributed by atoms with Gasteiger partial charge in [0.15, 0.2) is 0 Å². The molecule has 1 aromatic carbocycles. The third-order valence-corrected chi connectivity index (χ3v) is 4.64. The second-order valence-electron chi connectivity index (χ2n) is 6.24. The summed E-state index contributed by atoms with van der Waals surface area (Å²) in [7, 11) is 2.15. The van der Waals surface area contributed by atoms with Crippen LogP contribution in [0.1, 0.15) is 17.5 Å². The second-order valence-corrected chi connectivity index (χ2v) is 6.24. The molecule has 2 aliphatic rings. The highest BCUT2D eigenvalue weighted by Gasteiger charge is 2.30. The number of benzene rings is 1. The minimum absolute atomic E-state index is 0.129. The molecule has 2 heterocycles. The van der Waals surface area contributed by atoms with Gasteiger partial charge < -0.3 is 9.80 Å². The van der Waals surface area contributed by atoms with Gasteiger partial charge in [-0.1, -0.05) is 11.2 Å². The van der Waals surface area contributed by atoms with Crippen LogP contribution in [0, 0.1) is 5.92 Å². The molecule has 6 nitrogen and oxygen atoms in total. The Morgan fingerprint density at radius 3 is 2.86 bits per heavy atom. The van der Waals surface area contributed by atoms with E-state index in [-0.39, 0.29) is 11.8 Å². The molecular formula is C16H21N5O. The van der Waals surface area contributed by atoms with Crippen molar-refractivity contribution < 1.29 is 4.79 Å². The molecular weight excluding hydrogens is 278 g/mol. The van der Waals surface area contributed by atoms with E-state index in [0.29, 0.717) is 19.5 Å². The number of azide groups is 1. The van der Waals surface area contributed by atoms with Crippen molar-refractivity contribution in [3.8, 4) is 0 Å². The number of carbonyl (C=O) groups is 1. The van der Waals surface area contributed by atoms with Crippen LogP contribution in [0.15, 0.2) is 23.3 Å². The first-order chi connectivity index (χ1) is 10.7. The molecule has 0 saturated carbocycles. The predicted octanol–water partition coefficient (Wildman–Crippen LogP) is 2.38. The van der Waals surface area contributed by atoms with Gasteiger partial charge in [-0.15, -0.1) is 0 Å². The molecule has 0 bridgehead atoms. The van der Waals surface area contributed by atoms with E-state index in [1.165, 1.54) is 11.1 Å². The average molecular weight is 299 g/mol. The van der Waals surface area contributed by atoms with Gasteiger partial charge in [0, 0.05) is 43.2 Å². The first-order valence-corrected chi connectivity index (χ1v) is 7.79. The predicted molar refractivity (Wildman–Crippen MR) is 85.8 cm³/mol. The summed E-state index contributed by atoms with van der Waals surface area (Å²) >= 11 is 0. The maximum Gasteiger partial charge on any atom is 0.227 e. The highest BCUT2D eigenvalue weighted by Crippen LogP contribution is 2.28. The van der Waals surface area contributed by atoms with Crippen molar-refractivity contribution >= 4 is 11.6 Å². The highest BCUT2D eigenvalue weighted by atomic mass is 16.2. The Hall–Kier alpha value is -2.04. The molecule has 1 aromatic rings. The first-order valence-electron chi connectivity index (χ1n) is 7.79. The summed E-state index contributed by atoms with van der Waals surface area (Å²) in [6, 6.07) is 6.39. The first kappa shape index (κ1) is 14.9. The van der Waals surface area contributed by atoms with E-state index in [0.717, 1.165) is 31.6 Å². The third kappa shape index (κ3) is 3.08. The molecule has 2 aliphatic heterocycles. The van der Waals surface area contributed by atoms with Crippen LogP contribution in [0.4, 0.5) is 5.69 Å². The van der Waals surface area contributed by atoms with Gasteiger partial charge in [0.1, 0.15) is 0 Å². The Morgan fingerprint density at radius 2 is 2.09 bits per heavy atom. The molecule has 0 N–H and O–H groups in total. The average Bonchev–Trinajstić information content (AvgIpc) is 2.79.